The third-order valence-electron chi connectivity index (χ3n) is 4.19. The minimum absolute atomic E-state index is 0.102. The Morgan fingerprint density at radius 3 is 2.76 bits per heavy atom. The monoisotopic (exact) mass is 424 g/mol. The summed E-state index contributed by atoms with van der Waals surface area (Å²) in [6.45, 7) is 0.251. The van der Waals surface area contributed by atoms with E-state index in [2.05, 4.69) is 15.5 Å². The maximum absolute atomic E-state index is 12.5. The first-order valence-electron chi connectivity index (χ1n) is 8.80. The van der Waals surface area contributed by atoms with Gasteiger partial charge in [-0.15, -0.1) is 11.3 Å². The van der Waals surface area contributed by atoms with Crippen molar-refractivity contribution in [2.75, 3.05) is 13.1 Å². The molecular formula is C20H16N4O3S2. The molecular weight excluding hydrogens is 408 g/mol. The molecule has 1 aliphatic rings. The lowest BCUT2D eigenvalue weighted by molar-refractivity contribution is -0.122. The van der Waals surface area contributed by atoms with Crippen molar-refractivity contribution < 1.29 is 14.4 Å². The molecule has 9 heteroatoms. The summed E-state index contributed by atoms with van der Waals surface area (Å²) in [5.74, 6) is -0.714. The zero-order valence-electron chi connectivity index (χ0n) is 15.1. The van der Waals surface area contributed by atoms with E-state index in [1.165, 1.54) is 0 Å². The highest BCUT2D eigenvalue weighted by Crippen LogP contribution is 2.31. The molecule has 0 radical (unpaired) electrons. The van der Waals surface area contributed by atoms with Crippen LogP contribution in [0, 0.1) is 0 Å². The van der Waals surface area contributed by atoms with Crippen LogP contribution in [0.3, 0.4) is 0 Å². The number of aromatic amines is 1. The number of carbonyl (C=O) groups excluding carboxylic acids is 3. The number of hydrogen-bond acceptors (Lipinski definition) is 6. The fourth-order valence-corrected chi connectivity index (χ4v) is 4.32. The number of hydrogen-bond donors (Lipinski definition) is 2. The number of thiophene rings is 1. The Labute approximate surface area is 174 Å². The highest BCUT2D eigenvalue weighted by molar-refractivity contribution is 8.18. The van der Waals surface area contributed by atoms with Crippen molar-refractivity contribution in [3.63, 3.8) is 0 Å². The average molecular weight is 425 g/mol. The largest absolute Gasteiger partial charge is 0.349 e. The quantitative estimate of drug-likeness (QED) is 0.590. The van der Waals surface area contributed by atoms with Gasteiger partial charge in [0.25, 0.3) is 17.1 Å². The van der Waals surface area contributed by atoms with Crippen LogP contribution in [-0.2, 0) is 4.79 Å². The predicted octanol–water partition coefficient (Wildman–Crippen LogP) is 3.60. The van der Waals surface area contributed by atoms with E-state index < -0.39 is 0 Å². The molecule has 2 N–H and O–H groups in total. The van der Waals surface area contributed by atoms with E-state index in [0.29, 0.717) is 4.91 Å². The summed E-state index contributed by atoms with van der Waals surface area (Å²) < 4.78 is 0. The van der Waals surface area contributed by atoms with Crippen LogP contribution < -0.4 is 5.32 Å². The van der Waals surface area contributed by atoms with Gasteiger partial charge in [-0.3, -0.25) is 24.4 Å². The van der Waals surface area contributed by atoms with E-state index in [9.17, 15) is 14.4 Å². The summed E-state index contributed by atoms with van der Waals surface area (Å²) in [5.41, 5.74) is 1.88. The highest BCUT2D eigenvalue weighted by Gasteiger charge is 2.34. The van der Waals surface area contributed by atoms with Crippen molar-refractivity contribution in [1.82, 2.24) is 20.4 Å². The SMILES string of the molecule is O=C(NCCN1C(=O)S/C(=C/c2ccccc2)C1=O)c1cc(-c2cccs2)[nH]n1. The number of carbonyl (C=O) groups is 3. The van der Waals surface area contributed by atoms with Gasteiger partial charge in [-0.1, -0.05) is 36.4 Å². The van der Waals surface area contributed by atoms with E-state index in [4.69, 9.17) is 0 Å². The first-order valence-corrected chi connectivity index (χ1v) is 10.5. The third-order valence-corrected chi connectivity index (χ3v) is 6.00. The summed E-state index contributed by atoms with van der Waals surface area (Å²) in [5, 5.41) is 11.2. The van der Waals surface area contributed by atoms with Gasteiger partial charge in [0.15, 0.2) is 5.69 Å². The molecule has 29 heavy (non-hydrogen) atoms. The topological polar surface area (TPSA) is 95.2 Å². The first-order chi connectivity index (χ1) is 14.1. The molecule has 3 amide bonds. The van der Waals surface area contributed by atoms with Gasteiger partial charge < -0.3 is 5.32 Å². The van der Waals surface area contributed by atoms with Crippen molar-refractivity contribution in [2.24, 2.45) is 0 Å². The number of thioether (sulfide) groups is 1. The minimum Gasteiger partial charge on any atom is -0.349 e. The van der Waals surface area contributed by atoms with Gasteiger partial charge in [-0.05, 0) is 40.9 Å². The summed E-state index contributed by atoms with van der Waals surface area (Å²) in [6.07, 6.45) is 1.69. The molecule has 1 aliphatic heterocycles. The average Bonchev–Trinajstić information content (AvgIpc) is 3.46. The van der Waals surface area contributed by atoms with Gasteiger partial charge in [0.2, 0.25) is 0 Å². The van der Waals surface area contributed by atoms with Crippen LogP contribution in [-0.4, -0.2) is 45.2 Å². The predicted molar refractivity (Wildman–Crippen MR) is 113 cm³/mol. The van der Waals surface area contributed by atoms with Gasteiger partial charge in [-0.2, -0.15) is 5.10 Å². The molecule has 0 saturated carbocycles. The van der Waals surface area contributed by atoms with Crippen LogP contribution in [0.25, 0.3) is 16.6 Å². The smallest absolute Gasteiger partial charge is 0.293 e. The van der Waals surface area contributed by atoms with Crippen molar-refractivity contribution in [2.45, 2.75) is 0 Å². The summed E-state index contributed by atoms with van der Waals surface area (Å²) in [7, 11) is 0. The van der Waals surface area contributed by atoms with Crippen molar-refractivity contribution in [3.8, 4) is 10.6 Å². The Hall–Kier alpha value is -3.17. The Balaban J connectivity index is 1.33. The minimum atomic E-state index is -0.365. The highest BCUT2D eigenvalue weighted by atomic mass is 32.2. The summed E-state index contributed by atoms with van der Waals surface area (Å²) >= 11 is 2.45. The molecule has 146 valence electrons. The molecule has 0 spiro atoms. The Morgan fingerprint density at radius 2 is 2.00 bits per heavy atom. The van der Waals surface area contributed by atoms with Crippen LogP contribution >= 0.6 is 23.1 Å². The number of nitrogens with zero attached hydrogens (tertiary/aromatic N) is 2. The molecule has 0 unspecified atom stereocenters. The molecule has 1 aromatic carbocycles. The number of aromatic nitrogens is 2. The number of amides is 3. The van der Waals surface area contributed by atoms with Crippen LogP contribution in [0.5, 0.6) is 0 Å². The number of benzene rings is 1. The normalized spacial score (nSPS) is 15.3. The van der Waals surface area contributed by atoms with Gasteiger partial charge in [0.1, 0.15) is 0 Å². The summed E-state index contributed by atoms with van der Waals surface area (Å²) in [6, 6.07) is 14.9. The molecule has 7 nitrogen and oxygen atoms in total. The van der Waals surface area contributed by atoms with Gasteiger partial charge in [0.05, 0.1) is 15.5 Å². The standard InChI is InChI=1S/C20H16N4O3S2/c25-18(15-12-14(22-23-15)16-7-4-10-28-16)21-8-9-24-19(26)17(29-20(24)27)11-13-5-2-1-3-6-13/h1-7,10-12H,8-9H2,(H,21,25)(H,22,23)/b17-11+. The molecule has 0 bridgehead atoms. The zero-order chi connectivity index (χ0) is 20.2. The van der Waals surface area contributed by atoms with E-state index in [1.54, 1.807) is 23.5 Å². The van der Waals surface area contributed by atoms with E-state index in [-0.39, 0.29) is 35.8 Å². The third kappa shape index (κ3) is 4.30. The lowest BCUT2D eigenvalue weighted by Crippen LogP contribution is -2.37. The van der Waals surface area contributed by atoms with Gasteiger partial charge in [0, 0.05) is 13.1 Å². The van der Waals surface area contributed by atoms with Gasteiger partial charge >= 0.3 is 0 Å². The number of imide groups is 1. The van der Waals surface area contributed by atoms with E-state index in [1.807, 2.05) is 47.8 Å². The molecule has 1 fully saturated rings. The van der Waals surface area contributed by atoms with Crippen LogP contribution in [0.1, 0.15) is 16.1 Å². The van der Waals surface area contributed by atoms with Crippen LogP contribution in [0.2, 0.25) is 0 Å². The molecule has 3 heterocycles. The van der Waals surface area contributed by atoms with Gasteiger partial charge in [-0.25, -0.2) is 0 Å². The lowest BCUT2D eigenvalue weighted by atomic mass is 10.2. The maximum atomic E-state index is 12.5. The molecule has 1 saturated heterocycles. The molecule has 3 aromatic rings. The van der Waals surface area contributed by atoms with E-state index >= 15 is 0 Å². The van der Waals surface area contributed by atoms with Crippen molar-refractivity contribution in [3.05, 3.63) is 70.1 Å². The Bertz CT molecular complexity index is 1070. The lowest BCUT2D eigenvalue weighted by Gasteiger charge is -2.12. The number of H-pyrrole nitrogens is 1. The fraction of sp³-hybridized carbons (Fsp3) is 0.100. The van der Waals surface area contributed by atoms with Crippen LogP contribution in [0.15, 0.2) is 58.8 Å². The van der Waals surface area contributed by atoms with Crippen molar-refractivity contribution in [1.29, 1.82) is 0 Å². The number of nitrogens with one attached hydrogen (secondary N) is 2. The molecule has 0 aliphatic carbocycles. The summed E-state index contributed by atoms with van der Waals surface area (Å²) in [4.78, 5) is 39.4. The Kier molecular flexibility index (Phi) is 5.59. The second kappa shape index (κ2) is 8.46. The van der Waals surface area contributed by atoms with Crippen LogP contribution in [0.4, 0.5) is 4.79 Å². The van der Waals surface area contributed by atoms with E-state index in [0.717, 1.165) is 32.8 Å². The number of rotatable bonds is 6. The first kappa shape index (κ1) is 19.2. The Morgan fingerprint density at radius 1 is 1.17 bits per heavy atom. The second-order valence-electron chi connectivity index (χ2n) is 6.14. The second-order valence-corrected chi connectivity index (χ2v) is 8.08. The van der Waals surface area contributed by atoms with Crippen molar-refractivity contribution >= 4 is 46.2 Å². The molecule has 4 rings (SSSR count). The molecule has 0 atom stereocenters. The molecule has 2 aromatic heterocycles. The fourth-order valence-electron chi connectivity index (χ4n) is 2.76. The maximum Gasteiger partial charge on any atom is 0.293 e. The zero-order valence-corrected chi connectivity index (χ0v) is 16.8.